The van der Waals surface area contributed by atoms with Crippen LogP contribution in [0.5, 0.6) is 0 Å². The zero-order valence-electron chi connectivity index (χ0n) is 14.9. The van der Waals surface area contributed by atoms with Crippen molar-refractivity contribution in [2.45, 2.75) is 66.3 Å². The van der Waals surface area contributed by atoms with Crippen molar-refractivity contribution in [1.29, 1.82) is 0 Å². The Balaban J connectivity index is 1.89. The summed E-state index contributed by atoms with van der Waals surface area (Å²) in [4.78, 5) is 9.03. The molecule has 2 aromatic heterocycles. The fourth-order valence-corrected chi connectivity index (χ4v) is 4.23. The van der Waals surface area contributed by atoms with E-state index in [2.05, 4.69) is 35.3 Å². The lowest BCUT2D eigenvalue weighted by molar-refractivity contribution is 0.600. The van der Waals surface area contributed by atoms with Crippen molar-refractivity contribution < 1.29 is 4.21 Å². The lowest BCUT2D eigenvalue weighted by Crippen LogP contribution is -2.05. The fraction of sp³-hybridized carbons (Fsp3) is 0.667. The Morgan fingerprint density at radius 2 is 1.83 bits per heavy atom. The number of hydrogen-bond acceptors (Lipinski definition) is 3. The predicted octanol–water partition coefficient (Wildman–Crippen LogP) is 4.08. The van der Waals surface area contributed by atoms with Crippen LogP contribution in [0.15, 0.2) is 6.20 Å². The number of unbranched alkanes of at least 4 members (excludes halogenated alkanes) is 3. The summed E-state index contributed by atoms with van der Waals surface area (Å²) in [6.45, 7) is 9.36. The van der Waals surface area contributed by atoms with E-state index < -0.39 is 10.8 Å². The number of hydrogen-bond donors (Lipinski definition) is 0. The van der Waals surface area contributed by atoms with Crippen molar-refractivity contribution in [2.24, 2.45) is 0 Å². The molecule has 0 aliphatic rings. The summed E-state index contributed by atoms with van der Waals surface area (Å²) < 4.78 is 14.1. The van der Waals surface area contributed by atoms with E-state index in [1.54, 1.807) is 0 Å². The van der Waals surface area contributed by atoms with Crippen LogP contribution in [-0.2, 0) is 17.3 Å². The quantitative estimate of drug-likeness (QED) is 0.649. The summed E-state index contributed by atoms with van der Waals surface area (Å²) in [5.41, 5.74) is 4.52. The standard InChI is InChI=1S/C18H29N3OS/c1-5-6-11-23(22)12-9-7-8-10-21-16(4)20-17-13-19-15(3)14(2)18(17)21/h13H,5-12H2,1-4H3. The first kappa shape index (κ1) is 18.1. The smallest absolute Gasteiger partial charge is 0.107 e. The maximum Gasteiger partial charge on any atom is 0.107 e. The van der Waals surface area contributed by atoms with Gasteiger partial charge in [-0.1, -0.05) is 19.8 Å². The highest BCUT2D eigenvalue weighted by atomic mass is 32.2. The van der Waals surface area contributed by atoms with Crippen LogP contribution in [0.2, 0.25) is 0 Å². The molecule has 1 atom stereocenters. The molecule has 0 bridgehead atoms. The first-order chi connectivity index (χ1) is 11.0. The molecular weight excluding hydrogens is 306 g/mol. The van der Waals surface area contributed by atoms with E-state index in [4.69, 9.17) is 0 Å². The normalized spacial score (nSPS) is 12.9. The maximum absolute atomic E-state index is 11.8. The number of pyridine rings is 1. The second-order valence-corrected chi connectivity index (χ2v) is 7.97. The van der Waals surface area contributed by atoms with E-state index in [0.717, 1.165) is 67.2 Å². The molecule has 2 aromatic rings. The van der Waals surface area contributed by atoms with Gasteiger partial charge in [-0.3, -0.25) is 9.19 Å². The molecule has 0 saturated heterocycles. The van der Waals surface area contributed by atoms with E-state index in [-0.39, 0.29) is 0 Å². The van der Waals surface area contributed by atoms with Gasteiger partial charge in [0.05, 0.1) is 11.7 Å². The number of rotatable bonds is 9. The molecule has 23 heavy (non-hydrogen) atoms. The zero-order chi connectivity index (χ0) is 16.8. The third kappa shape index (κ3) is 4.63. The summed E-state index contributed by atoms with van der Waals surface area (Å²) in [6, 6.07) is 0. The zero-order valence-corrected chi connectivity index (χ0v) is 15.7. The molecule has 0 aliphatic heterocycles. The Hall–Kier alpha value is -1.23. The summed E-state index contributed by atoms with van der Waals surface area (Å²) >= 11 is 0. The molecule has 5 heteroatoms. The molecule has 0 spiro atoms. The van der Waals surface area contributed by atoms with Crippen molar-refractivity contribution in [3.63, 3.8) is 0 Å². The Labute approximate surface area is 142 Å². The Bertz CT molecular complexity index is 678. The minimum atomic E-state index is -0.621. The Morgan fingerprint density at radius 3 is 2.57 bits per heavy atom. The van der Waals surface area contributed by atoms with Gasteiger partial charge in [0.2, 0.25) is 0 Å². The molecule has 2 heterocycles. The predicted molar refractivity (Wildman–Crippen MR) is 98.4 cm³/mol. The molecule has 0 amide bonds. The van der Waals surface area contributed by atoms with E-state index >= 15 is 0 Å². The van der Waals surface area contributed by atoms with E-state index in [1.165, 1.54) is 11.1 Å². The summed E-state index contributed by atoms with van der Waals surface area (Å²) in [5.74, 6) is 2.78. The van der Waals surface area contributed by atoms with Gasteiger partial charge in [0.1, 0.15) is 11.3 Å². The Morgan fingerprint density at radius 1 is 1.09 bits per heavy atom. The first-order valence-electron chi connectivity index (χ1n) is 8.68. The van der Waals surface area contributed by atoms with Crippen LogP contribution in [0.3, 0.4) is 0 Å². The highest BCUT2D eigenvalue weighted by molar-refractivity contribution is 7.84. The van der Waals surface area contributed by atoms with Crippen LogP contribution in [0.1, 0.15) is 56.1 Å². The lowest BCUT2D eigenvalue weighted by Gasteiger charge is -2.09. The van der Waals surface area contributed by atoms with Crippen LogP contribution in [0.25, 0.3) is 11.0 Å². The van der Waals surface area contributed by atoms with Crippen LogP contribution < -0.4 is 0 Å². The van der Waals surface area contributed by atoms with Crippen LogP contribution >= 0.6 is 0 Å². The Kier molecular flexibility index (Phi) is 6.75. The van der Waals surface area contributed by atoms with Crippen molar-refractivity contribution >= 4 is 21.8 Å². The van der Waals surface area contributed by atoms with Gasteiger partial charge in [0.25, 0.3) is 0 Å². The summed E-state index contributed by atoms with van der Waals surface area (Å²) in [5, 5.41) is 0. The molecular formula is C18H29N3OS. The van der Waals surface area contributed by atoms with Crippen molar-refractivity contribution in [2.75, 3.05) is 11.5 Å². The highest BCUT2D eigenvalue weighted by Gasteiger charge is 2.11. The van der Waals surface area contributed by atoms with Crippen molar-refractivity contribution in [1.82, 2.24) is 14.5 Å². The topological polar surface area (TPSA) is 47.8 Å². The molecule has 4 nitrogen and oxygen atoms in total. The number of aryl methyl sites for hydroxylation is 4. The summed E-state index contributed by atoms with van der Waals surface area (Å²) in [7, 11) is -0.621. The molecule has 0 aliphatic carbocycles. The monoisotopic (exact) mass is 335 g/mol. The van der Waals surface area contributed by atoms with Crippen LogP contribution in [-0.4, -0.2) is 30.2 Å². The number of imidazole rings is 1. The lowest BCUT2D eigenvalue weighted by atomic mass is 10.2. The van der Waals surface area contributed by atoms with Gasteiger partial charge >= 0.3 is 0 Å². The average molecular weight is 336 g/mol. The third-order valence-corrected chi connectivity index (χ3v) is 5.93. The third-order valence-electron chi connectivity index (χ3n) is 4.44. The second kappa shape index (κ2) is 8.57. The molecule has 0 fully saturated rings. The van der Waals surface area contributed by atoms with E-state index in [0.29, 0.717) is 0 Å². The molecule has 0 radical (unpaired) electrons. The molecule has 1 unspecified atom stereocenters. The average Bonchev–Trinajstić information content (AvgIpc) is 2.85. The van der Waals surface area contributed by atoms with E-state index in [1.807, 2.05) is 13.1 Å². The van der Waals surface area contributed by atoms with Gasteiger partial charge in [-0.25, -0.2) is 4.98 Å². The van der Waals surface area contributed by atoms with Gasteiger partial charge in [0.15, 0.2) is 0 Å². The molecule has 0 saturated carbocycles. The molecule has 0 N–H and O–H groups in total. The van der Waals surface area contributed by atoms with E-state index in [9.17, 15) is 4.21 Å². The van der Waals surface area contributed by atoms with Crippen molar-refractivity contribution in [3.05, 3.63) is 23.3 Å². The van der Waals surface area contributed by atoms with Crippen molar-refractivity contribution in [3.8, 4) is 0 Å². The molecule has 128 valence electrons. The highest BCUT2D eigenvalue weighted by Crippen LogP contribution is 2.21. The number of fused-ring (bicyclic) bond motifs is 1. The number of nitrogens with zero attached hydrogens (tertiary/aromatic N) is 3. The van der Waals surface area contributed by atoms with Crippen LogP contribution in [0, 0.1) is 20.8 Å². The first-order valence-corrected chi connectivity index (χ1v) is 10.2. The largest absolute Gasteiger partial charge is 0.328 e. The van der Waals surface area contributed by atoms with Gasteiger partial charge < -0.3 is 4.57 Å². The van der Waals surface area contributed by atoms with Gasteiger partial charge in [0, 0.05) is 34.5 Å². The number of aromatic nitrogens is 3. The van der Waals surface area contributed by atoms with Gasteiger partial charge in [-0.2, -0.15) is 0 Å². The fourth-order valence-electron chi connectivity index (χ4n) is 2.89. The summed E-state index contributed by atoms with van der Waals surface area (Å²) in [6.07, 6.45) is 7.38. The molecule has 2 rings (SSSR count). The SMILES string of the molecule is CCCCS(=O)CCCCCn1c(C)nc2cnc(C)c(C)c21. The minimum Gasteiger partial charge on any atom is -0.328 e. The maximum atomic E-state index is 11.8. The van der Waals surface area contributed by atoms with Gasteiger partial charge in [-0.15, -0.1) is 0 Å². The van der Waals surface area contributed by atoms with Crippen LogP contribution in [0.4, 0.5) is 0 Å². The second-order valence-electron chi connectivity index (χ2n) is 6.28. The van der Waals surface area contributed by atoms with Gasteiger partial charge in [-0.05, 0) is 45.6 Å². The molecule has 0 aromatic carbocycles. The minimum absolute atomic E-state index is 0.621.